The third-order valence-electron chi connectivity index (χ3n) is 4.42. The Balaban J connectivity index is 1.51. The zero-order valence-corrected chi connectivity index (χ0v) is 19.2. The van der Waals surface area contributed by atoms with Crippen LogP contribution in [-0.2, 0) is 19.1 Å². The fourth-order valence-corrected chi connectivity index (χ4v) is 3.47. The van der Waals surface area contributed by atoms with Gasteiger partial charge in [0, 0.05) is 17.0 Å². The van der Waals surface area contributed by atoms with Crippen LogP contribution in [0, 0.1) is 5.92 Å². The Morgan fingerprint density at radius 1 is 1.00 bits per heavy atom. The van der Waals surface area contributed by atoms with Crippen molar-refractivity contribution in [2.24, 2.45) is 5.92 Å². The molecule has 3 amide bonds. The molecule has 3 rings (SSSR count). The second-order valence-corrected chi connectivity index (χ2v) is 8.41. The summed E-state index contributed by atoms with van der Waals surface area (Å²) in [7, 11) is 0. The van der Waals surface area contributed by atoms with Crippen LogP contribution in [0.25, 0.3) is 0 Å². The van der Waals surface area contributed by atoms with Gasteiger partial charge in [-0.2, -0.15) is 0 Å². The van der Waals surface area contributed by atoms with Gasteiger partial charge in [-0.1, -0.05) is 46.4 Å². The number of nitrogens with zero attached hydrogens (tertiary/aromatic N) is 1. The van der Waals surface area contributed by atoms with Crippen molar-refractivity contribution in [3.05, 3.63) is 62.1 Å². The number of carbonyl (C=O) groups excluding carboxylic acids is 4. The smallest absolute Gasteiger partial charge is 0.311 e. The highest BCUT2D eigenvalue weighted by Crippen LogP contribution is 2.26. The third kappa shape index (κ3) is 6.04. The molecule has 0 unspecified atom stereocenters. The number of nitrogens with one attached hydrogen (secondary N) is 2. The first-order valence-corrected chi connectivity index (χ1v) is 10.6. The van der Waals surface area contributed by atoms with Crippen LogP contribution in [0.5, 0.6) is 0 Å². The van der Waals surface area contributed by atoms with Gasteiger partial charge in [-0.3, -0.25) is 29.6 Å². The van der Waals surface area contributed by atoms with Gasteiger partial charge in [0.1, 0.15) is 0 Å². The molecule has 0 aliphatic carbocycles. The standard InChI is InChI=1S/C20H15Cl4N3O5/c21-12-2-4-14(23)16(7-12)25-17(28)9-32-20(31)11-6-18(29)27(8-11)26-19(30)10-1-3-13(22)15(24)5-10/h1-5,7,11H,6,8-9H2,(H,25,28)(H,26,30)/t11-/m0/s1. The average molecular weight is 519 g/mol. The second-order valence-electron chi connectivity index (χ2n) is 6.76. The number of hydrazine groups is 1. The number of hydrogen-bond donors (Lipinski definition) is 2. The number of hydrogen-bond acceptors (Lipinski definition) is 5. The van der Waals surface area contributed by atoms with Gasteiger partial charge in [0.15, 0.2) is 6.61 Å². The van der Waals surface area contributed by atoms with Crippen LogP contribution in [0.1, 0.15) is 16.8 Å². The molecule has 1 fully saturated rings. The number of halogens is 4. The van der Waals surface area contributed by atoms with E-state index >= 15 is 0 Å². The van der Waals surface area contributed by atoms with Crippen molar-refractivity contribution in [2.45, 2.75) is 6.42 Å². The molecular formula is C20H15Cl4N3O5. The Morgan fingerprint density at radius 3 is 2.44 bits per heavy atom. The highest BCUT2D eigenvalue weighted by molar-refractivity contribution is 6.42. The first-order chi connectivity index (χ1) is 15.1. The molecule has 0 aromatic heterocycles. The van der Waals surface area contributed by atoms with Crippen LogP contribution < -0.4 is 10.7 Å². The van der Waals surface area contributed by atoms with Crippen molar-refractivity contribution in [3.8, 4) is 0 Å². The fraction of sp³-hybridized carbons (Fsp3) is 0.200. The van der Waals surface area contributed by atoms with E-state index in [4.69, 9.17) is 51.1 Å². The summed E-state index contributed by atoms with van der Waals surface area (Å²) in [5.74, 6) is -3.30. The molecule has 0 saturated carbocycles. The Hall–Kier alpha value is -2.52. The summed E-state index contributed by atoms with van der Waals surface area (Å²) in [5, 5.41) is 4.60. The number of esters is 1. The van der Waals surface area contributed by atoms with E-state index in [1.165, 1.54) is 30.3 Å². The molecule has 8 nitrogen and oxygen atoms in total. The van der Waals surface area contributed by atoms with Crippen molar-refractivity contribution in [2.75, 3.05) is 18.5 Å². The molecule has 2 aromatic carbocycles. The minimum Gasteiger partial charge on any atom is -0.455 e. The molecule has 12 heteroatoms. The van der Waals surface area contributed by atoms with Gasteiger partial charge in [-0.05, 0) is 36.4 Å². The highest BCUT2D eigenvalue weighted by Gasteiger charge is 2.36. The Kier molecular flexibility index (Phi) is 7.84. The van der Waals surface area contributed by atoms with Crippen molar-refractivity contribution in [3.63, 3.8) is 0 Å². The van der Waals surface area contributed by atoms with Gasteiger partial charge in [0.2, 0.25) is 5.91 Å². The third-order valence-corrected chi connectivity index (χ3v) is 5.73. The predicted octanol–water partition coefficient (Wildman–Crippen LogP) is 3.98. The first-order valence-electron chi connectivity index (χ1n) is 9.12. The quantitative estimate of drug-likeness (QED) is 0.563. The summed E-state index contributed by atoms with van der Waals surface area (Å²) in [4.78, 5) is 48.8. The lowest BCUT2D eigenvalue weighted by atomic mass is 10.1. The minimum atomic E-state index is -0.848. The number of benzene rings is 2. The zero-order valence-electron chi connectivity index (χ0n) is 16.2. The van der Waals surface area contributed by atoms with Crippen molar-refractivity contribution in [1.82, 2.24) is 10.4 Å². The molecule has 1 saturated heterocycles. The molecule has 1 aliphatic rings. The maximum Gasteiger partial charge on any atom is 0.311 e. The summed E-state index contributed by atoms with van der Waals surface area (Å²) in [5.41, 5.74) is 2.87. The van der Waals surface area contributed by atoms with Gasteiger partial charge in [0.25, 0.3) is 11.8 Å². The van der Waals surface area contributed by atoms with Crippen LogP contribution in [-0.4, -0.2) is 41.9 Å². The number of anilines is 1. The van der Waals surface area contributed by atoms with E-state index in [0.29, 0.717) is 5.02 Å². The lowest BCUT2D eigenvalue weighted by Gasteiger charge is -2.17. The van der Waals surface area contributed by atoms with Crippen LogP contribution in [0.3, 0.4) is 0 Å². The highest BCUT2D eigenvalue weighted by atomic mass is 35.5. The molecule has 1 atom stereocenters. The van der Waals surface area contributed by atoms with Crippen LogP contribution in [0.2, 0.25) is 20.1 Å². The average Bonchev–Trinajstić information content (AvgIpc) is 3.11. The monoisotopic (exact) mass is 517 g/mol. The number of amides is 3. The van der Waals surface area contributed by atoms with Crippen molar-refractivity contribution >= 4 is 75.8 Å². The summed E-state index contributed by atoms with van der Waals surface area (Å²) in [6.07, 6.45) is -0.178. The Labute approximate surface area is 202 Å². The molecule has 32 heavy (non-hydrogen) atoms. The normalized spacial score (nSPS) is 15.4. The number of rotatable bonds is 6. The molecule has 0 bridgehead atoms. The Morgan fingerprint density at radius 2 is 1.72 bits per heavy atom. The summed E-state index contributed by atoms with van der Waals surface area (Å²) in [6.45, 7) is -0.686. The first kappa shape index (κ1) is 24.1. The lowest BCUT2D eigenvalue weighted by Crippen LogP contribution is -2.43. The molecule has 2 aromatic rings. The molecule has 0 spiro atoms. The number of carbonyl (C=O) groups is 4. The van der Waals surface area contributed by atoms with Gasteiger partial charge < -0.3 is 10.1 Å². The molecule has 0 radical (unpaired) electrons. The molecule has 2 N–H and O–H groups in total. The summed E-state index contributed by atoms with van der Waals surface area (Å²) in [6, 6.07) is 8.77. The SMILES string of the molecule is O=C(COC(=O)[C@H]1CC(=O)N(NC(=O)c2ccc(Cl)c(Cl)c2)C1)Nc1cc(Cl)ccc1Cl. The largest absolute Gasteiger partial charge is 0.455 e. The maximum absolute atomic E-state index is 12.3. The van der Waals surface area contributed by atoms with Gasteiger partial charge in [-0.25, -0.2) is 0 Å². The lowest BCUT2D eigenvalue weighted by molar-refractivity contribution is -0.151. The Bertz CT molecular complexity index is 1090. The summed E-state index contributed by atoms with van der Waals surface area (Å²) < 4.78 is 4.99. The van der Waals surface area contributed by atoms with Gasteiger partial charge >= 0.3 is 5.97 Å². The molecule has 168 valence electrons. The summed E-state index contributed by atoms with van der Waals surface area (Å²) >= 11 is 23.5. The molecular weight excluding hydrogens is 504 g/mol. The van der Waals surface area contributed by atoms with Crippen molar-refractivity contribution in [1.29, 1.82) is 0 Å². The number of ether oxygens (including phenoxy) is 1. The molecule has 1 aliphatic heterocycles. The van der Waals surface area contributed by atoms with E-state index in [9.17, 15) is 19.2 Å². The molecule has 1 heterocycles. The van der Waals surface area contributed by atoms with E-state index in [-0.39, 0.29) is 39.3 Å². The van der Waals surface area contributed by atoms with E-state index in [1.54, 1.807) is 6.07 Å². The van der Waals surface area contributed by atoms with E-state index in [2.05, 4.69) is 10.7 Å². The maximum atomic E-state index is 12.3. The van der Waals surface area contributed by atoms with E-state index < -0.39 is 36.2 Å². The van der Waals surface area contributed by atoms with Gasteiger partial charge in [0.05, 0.1) is 33.2 Å². The van der Waals surface area contributed by atoms with E-state index in [0.717, 1.165) is 5.01 Å². The minimum absolute atomic E-state index is 0.105. The fourth-order valence-electron chi connectivity index (χ4n) is 2.83. The van der Waals surface area contributed by atoms with Gasteiger partial charge in [-0.15, -0.1) is 0 Å². The van der Waals surface area contributed by atoms with Crippen LogP contribution >= 0.6 is 46.4 Å². The van der Waals surface area contributed by atoms with Crippen LogP contribution in [0.4, 0.5) is 5.69 Å². The zero-order chi connectivity index (χ0) is 23.4. The predicted molar refractivity (Wildman–Crippen MR) is 120 cm³/mol. The van der Waals surface area contributed by atoms with Crippen molar-refractivity contribution < 1.29 is 23.9 Å². The topological polar surface area (TPSA) is 105 Å². The van der Waals surface area contributed by atoms with Crippen LogP contribution in [0.15, 0.2) is 36.4 Å². The second kappa shape index (κ2) is 10.4. The van der Waals surface area contributed by atoms with E-state index in [1.807, 2.05) is 0 Å².